The molecule has 2 aromatic carbocycles. The number of rotatable bonds is 12. The van der Waals surface area contributed by atoms with E-state index in [1.54, 1.807) is 0 Å². The Hall–Kier alpha value is -2.36. The largest absolute Gasteiger partial charge is 0.494 e. The maximum Gasteiger partial charge on any atom is 0.142 e. The topological polar surface area (TPSA) is 70.5 Å². The third kappa shape index (κ3) is 7.41. The number of hydrogen-bond donors (Lipinski definition) is 2. The van der Waals surface area contributed by atoms with E-state index in [1.165, 1.54) is 32.1 Å². The van der Waals surface area contributed by atoms with Crippen molar-refractivity contribution < 1.29 is 9.47 Å². The SMILES string of the molecule is Cc1cc(OCCCCCCCCCOc2cccc(C)c2N)ccc1N. The molecule has 4 N–H and O–H groups in total. The molecule has 0 aliphatic carbocycles. The maximum absolute atomic E-state index is 6.01. The summed E-state index contributed by atoms with van der Waals surface area (Å²) in [6.07, 6.45) is 8.37. The first-order valence-corrected chi connectivity index (χ1v) is 10.0. The lowest BCUT2D eigenvalue weighted by atomic mass is 10.1. The Kier molecular flexibility index (Phi) is 8.82. The fraction of sp³-hybridized carbons (Fsp3) is 0.478. The molecule has 2 rings (SSSR count). The molecule has 0 heterocycles. The van der Waals surface area contributed by atoms with Crippen molar-refractivity contribution in [2.75, 3.05) is 24.7 Å². The number of unbranched alkanes of at least 4 members (excludes halogenated alkanes) is 6. The average Bonchev–Trinajstić information content (AvgIpc) is 2.65. The van der Waals surface area contributed by atoms with Gasteiger partial charge in [0.05, 0.1) is 18.9 Å². The highest BCUT2D eigenvalue weighted by molar-refractivity contribution is 5.57. The zero-order valence-electron chi connectivity index (χ0n) is 16.8. The van der Waals surface area contributed by atoms with Gasteiger partial charge in [0, 0.05) is 5.69 Å². The Morgan fingerprint density at radius 3 is 2.00 bits per heavy atom. The van der Waals surface area contributed by atoms with E-state index < -0.39 is 0 Å². The van der Waals surface area contributed by atoms with E-state index >= 15 is 0 Å². The third-order valence-corrected chi connectivity index (χ3v) is 4.84. The normalized spacial score (nSPS) is 10.7. The lowest BCUT2D eigenvalue weighted by Crippen LogP contribution is -2.01. The van der Waals surface area contributed by atoms with Gasteiger partial charge in [0.25, 0.3) is 0 Å². The molecule has 0 fully saturated rings. The van der Waals surface area contributed by atoms with Crippen molar-refractivity contribution in [3.05, 3.63) is 47.5 Å². The van der Waals surface area contributed by atoms with Crippen LogP contribution in [-0.4, -0.2) is 13.2 Å². The van der Waals surface area contributed by atoms with E-state index in [9.17, 15) is 0 Å². The van der Waals surface area contributed by atoms with Gasteiger partial charge in [0.1, 0.15) is 11.5 Å². The monoisotopic (exact) mass is 370 g/mol. The van der Waals surface area contributed by atoms with Gasteiger partial charge in [-0.25, -0.2) is 0 Å². The standard InChI is InChI=1S/C23H34N2O2/c1-18-11-10-12-22(23(18)25)27-16-9-7-5-3-4-6-8-15-26-20-13-14-21(24)19(2)17-20/h10-14,17H,3-9,15-16,24-25H2,1-2H3. The zero-order chi connectivity index (χ0) is 19.5. The minimum atomic E-state index is 0.739. The van der Waals surface area contributed by atoms with Gasteiger partial charge in [0.15, 0.2) is 0 Å². The van der Waals surface area contributed by atoms with Crippen LogP contribution in [0.15, 0.2) is 36.4 Å². The lowest BCUT2D eigenvalue weighted by Gasteiger charge is -2.10. The van der Waals surface area contributed by atoms with Crippen LogP contribution in [0.4, 0.5) is 11.4 Å². The van der Waals surface area contributed by atoms with Crippen LogP contribution in [0.5, 0.6) is 11.5 Å². The molecule has 0 aliphatic rings. The van der Waals surface area contributed by atoms with Crippen LogP contribution in [-0.2, 0) is 0 Å². The highest BCUT2D eigenvalue weighted by atomic mass is 16.5. The van der Waals surface area contributed by atoms with E-state index in [-0.39, 0.29) is 0 Å². The molecular weight excluding hydrogens is 336 g/mol. The molecule has 0 aliphatic heterocycles. The summed E-state index contributed by atoms with van der Waals surface area (Å²) in [5, 5.41) is 0. The van der Waals surface area contributed by atoms with Gasteiger partial charge in [-0.05, 0) is 62.1 Å². The summed E-state index contributed by atoms with van der Waals surface area (Å²) in [5.41, 5.74) is 15.5. The Labute approximate surface area is 163 Å². The number of benzene rings is 2. The molecule has 4 nitrogen and oxygen atoms in total. The van der Waals surface area contributed by atoms with Crippen molar-refractivity contribution in [1.82, 2.24) is 0 Å². The number of ether oxygens (including phenoxy) is 2. The summed E-state index contributed by atoms with van der Waals surface area (Å²) in [6.45, 7) is 5.52. The molecule has 148 valence electrons. The molecule has 0 spiro atoms. The Morgan fingerprint density at radius 1 is 0.704 bits per heavy atom. The smallest absolute Gasteiger partial charge is 0.142 e. The molecule has 0 aromatic heterocycles. The van der Waals surface area contributed by atoms with Crippen molar-refractivity contribution in [3.63, 3.8) is 0 Å². The molecular formula is C23H34N2O2. The predicted molar refractivity (Wildman–Crippen MR) is 114 cm³/mol. The van der Waals surface area contributed by atoms with Gasteiger partial charge in [0.2, 0.25) is 0 Å². The minimum absolute atomic E-state index is 0.739. The molecule has 0 saturated heterocycles. The highest BCUT2D eigenvalue weighted by Gasteiger charge is 2.02. The van der Waals surface area contributed by atoms with E-state index in [2.05, 4.69) is 0 Å². The van der Waals surface area contributed by atoms with Gasteiger partial charge in [-0.3, -0.25) is 0 Å². The molecule has 0 unspecified atom stereocenters. The number of anilines is 2. The third-order valence-electron chi connectivity index (χ3n) is 4.84. The fourth-order valence-electron chi connectivity index (χ4n) is 2.98. The number of nitrogen functional groups attached to an aromatic ring is 2. The van der Waals surface area contributed by atoms with Crippen LogP contribution < -0.4 is 20.9 Å². The van der Waals surface area contributed by atoms with Crippen molar-refractivity contribution in [2.45, 2.75) is 58.8 Å². The summed E-state index contributed by atoms with van der Waals surface area (Å²) >= 11 is 0. The summed E-state index contributed by atoms with van der Waals surface area (Å²) in [6, 6.07) is 11.8. The van der Waals surface area contributed by atoms with Crippen LogP contribution >= 0.6 is 0 Å². The summed E-state index contributed by atoms with van der Waals surface area (Å²) in [4.78, 5) is 0. The molecule has 0 saturated carbocycles. The summed E-state index contributed by atoms with van der Waals surface area (Å²) in [7, 11) is 0. The van der Waals surface area contributed by atoms with Crippen LogP contribution in [0.25, 0.3) is 0 Å². The van der Waals surface area contributed by atoms with Gasteiger partial charge in [-0.2, -0.15) is 0 Å². The maximum atomic E-state index is 6.01. The Balaban J connectivity index is 1.43. The fourth-order valence-corrected chi connectivity index (χ4v) is 2.98. The van der Waals surface area contributed by atoms with Gasteiger partial charge >= 0.3 is 0 Å². The lowest BCUT2D eigenvalue weighted by molar-refractivity contribution is 0.300. The van der Waals surface area contributed by atoms with Gasteiger partial charge in [-0.15, -0.1) is 0 Å². The predicted octanol–water partition coefficient (Wildman–Crippen LogP) is 5.66. The van der Waals surface area contributed by atoms with E-state index in [0.29, 0.717) is 0 Å². The number of aryl methyl sites for hydroxylation is 2. The van der Waals surface area contributed by atoms with Crippen LogP contribution in [0.2, 0.25) is 0 Å². The first kappa shape index (κ1) is 20.9. The molecule has 0 atom stereocenters. The minimum Gasteiger partial charge on any atom is -0.494 e. The van der Waals surface area contributed by atoms with Crippen LogP contribution in [0, 0.1) is 13.8 Å². The molecule has 0 radical (unpaired) electrons. The molecule has 0 amide bonds. The van der Waals surface area contributed by atoms with E-state index in [4.69, 9.17) is 20.9 Å². The first-order valence-electron chi connectivity index (χ1n) is 10.0. The van der Waals surface area contributed by atoms with Crippen molar-refractivity contribution in [3.8, 4) is 11.5 Å². The van der Waals surface area contributed by atoms with E-state index in [1.807, 2.05) is 50.2 Å². The molecule has 27 heavy (non-hydrogen) atoms. The molecule has 0 bridgehead atoms. The average molecular weight is 371 g/mol. The van der Waals surface area contributed by atoms with Crippen LogP contribution in [0.3, 0.4) is 0 Å². The number of nitrogens with two attached hydrogens (primary N) is 2. The van der Waals surface area contributed by atoms with Crippen molar-refractivity contribution in [2.24, 2.45) is 0 Å². The zero-order valence-corrected chi connectivity index (χ0v) is 16.8. The second-order valence-electron chi connectivity index (χ2n) is 7.18. The quantitative estimate of drug-likeness (QED) is 0.374. The summed E-state index contributed by atoms with van der Waals surface area (Å²) < 4.78 is 11.6. The molecule has 2 aromatic rings. The first-order chi connectivity index (χ1) is 13.1. The van der Waals surface area contributed by atoms with Gasteiger partial charge in [-0.1, -0.05) is 44.2 Å². The van der Waals surface area contributed by atoms with E-state index in [0.717, 1.165) is 60.1 Å². The Bertz CT molecular complexity index is 701. The highest BCUT2D eigenvalue weighted by Crippen LogP contribution is 2.24. The van der Waals surface area contributed by atoms with Crippen LogP contribution in [0.1, 0.15) is 56.1 Å². The van der Waals surface area contributed by atoms with Gasteiger partial charge < -0.3 is 20.9 Å². The Morgan fingerprint density at radius 2 is 1.33 bits per heavy atom. The second-order valence-corrected chi connectivity index (χ2v) is 7.18. The molecule has 4 heteroatoms. The van der Waals surface area contributed by atoms with Crippen molar-refractivity contribution >= 4 is 11.4 Å². The number of para-hydroxylation sites is 1. The number of hydrogen-bond acceptors (Lipinski definition) is 4. The second kappa shape index (κ2) is 11.4. The summed E-state index contributed by atoms with van der Waals surface area (Å²) in [5.74, 6) is 1.72. The van der Waals surface area contributed by atoms with Crippen molar-refractivity contribution in [1.29, 1.82) is 0 Å².